The Balaban J connectivity index is 1.61. The summed E-state index contributed by atoms with van der Waals surface area (Å²) in [6.07, 6.45) is 0. The summed E-state index contributed by atoms with van der Waals surface area (Å²) >= 11 is 6.12. The maximum atomic E-state index is 14.2. The maximum Gasteiger partial charge on any atom is 0.338 e. The Morgan fingerprint density at radius 1 is 0.895 bits per heavy atom. The molecule has 0 bridgehead atoms. The number of nitrogens with zero attached hydrogens (tertiary/aromatic N) is 1. The van der Waals surface area contributed by atoms with Gasteiger partial charge in [-0.3, -0.25) is 19.2 Å². The first kappa shape index (κ1) is 24.1. The molecule has 3 aliphatic rings. The van der Waals surface area contributed by atoms with Crippen molar-refractivity contribution >= 4 is 46.8 Å². The van der Waals surface area contributed by atoms with Crippen LogP contribution in [-0.4, -0.2) is 41.6 Å². The monoisotopic (exact) mass is 529 g/mol. The Kier molecular flexibility index (Phi) is 5.47. The number of hydrogen-bond acceptors (Lipinski definition) is 8. The van der Waals surface area contributed by atoms with Gasteiger partial charge in [0.2, 0.25) is 0 Å². The quantitative estimate of drug-likeness (QED) is 0.365. The van der Waals surface area contributed by atoms with Crippen molar-refractivity contribution < 1.29 is 33.4 Å². The van der Waals surface area contributed by atoms with Gasteiger partial charge >= 0.3 is 17.9 Å². The molecule has 0 unspecified atom stereocenters. The fraction of sp³-hybridized carbons (Fsp3) is 0.207. The summed E-state index contributed by atoms with van der Waals surface area (Å²) in [6, 6.07) is 18.3. The molecule has 0 aromatic heterocycles. The van der Waals surface area contributed by atoms with Crippen molar-refractivity contribution in [2.75, 3.05) is 11.5 Å². The Labute approximate surface area is 222 Å². The Bertz CT molecular complexity index is 1490. The minimum Gasteiger partial charge on any atom is -0.462 e. The largest absolute Gasteiger partial charge is 0.462 e. The van der Waals surface area contributed by atoms with Crippen LogP contribution in [0.1, 0.15) is 49.6 Å². The zero-order valence-electron chi connectivity index (χ0n) is 20.1. The smallest absolute Gasteiger partial charge is 0.338 e. The van der Waals surface area contributed by atoms with Gasteiger partial charge in [0.15, 0.2) is 17.1 Å². The molecule has 3 atom stereocenters. The van der Waals surface area contributed by atoms with Crippen LogP contribution in [0.5, 0.6) is 0 Å². The fourth-order valence-corrected chi connectivity index (χ4v) is 6.16. The number of halogens is 1. The van der Waals surface area contributed by atoms with Gasteiger partial charge in [-0.2, -0.15) is 0 Å². The van der Waals surface area contributed by atoms with Crippen LogP contribution in [0.15, 0.2) is 72.8 Å². The van der Waals surface area contributed by atoms with Crippen molar-refractivity contribution in [1.29, 1.82) is 0 Å². The number of ether oxygens (including phenoxy) is 2. The Hall–Kier alpha value is -4.30. The van der Waals surface area contributed by atoms with Gasteiger partial charge in [-0.05, 0) is 48.9 Å². The predicted octanol–water partition coefficient (Wildman–Crippen LogP) is 4.21. The van der Waals surface area contributed by atoms with Gasteiger partial charge in [0.1, 0.15) is 5.92 Å². The summed E-state index contributed by atoms with van der Waals surface area (Å²) in [5.41, 5.74) is -0.481. The molecule has 9 heteroatoms. The molecule has 0 saturated carbocycles. The van der Waals surface area contributed by atoms with E-state index in [2.05, 4.69) is 0 Å². The Morgan fingerprint density at radius 3 is 2.08 bits per heavy atom. The van der Waals surface area contributed by atoms with Crippen LogP contribution in [0.4, 0.5) is 5.69 Å². The lowest BCUT2D eigenvalue weighted by molar-refractivity contribution is -0.154. The molecule has 2 fully saturated rings. The highest BCUT2D eigenvalue weighted by Crippen LogP contribution is 2.59. The van der Waals surface area contributed by atoms with E-state index in [1.807, 2.05) is 0 Å². The van der Waals surface area contributed by atoms with Crippen LogP contribution >= 0.6 is 11.6 Å². The van der Waals surface area contributed by atoms with Crippen LogP contribution in [0.3, 0.4) is 0 Å². The topological polar surface area (TPSA) is 107 Å². The molecule has 0 radical (unpaired) electrons. The first-order valence-corrected chi connectivity index (χ1v) is 12.4. The molecule has 2 heterocycles. The molecular formula is C29H20ClNO7. The molecule has 3 aromatic rings. The Morgan fingerprint density at radius 2 is 1.50 bits per heavy atom. The summed E-state index contributed by atoms with van der Waals surface area (Å²) in [7, 11) is 0. The van der Waals surface area contributed by atoms with E-state index in [-0.39, 0.29) is 23.3 Å². The van der Waals surface area contributed by atoms with Crippen LogP contribution in [0.2, 0.25) is 5.02 Å². The van der Waals surface area contributed by atoms with Gasteiger partial charge in [0.05, 0.1) is 24.1 Å². The minimum atomic E-state index is -2.05. The molecule has 3 aromatic carbocycles. The van der Waals surface area contributed by atoms with Crippen molar-refractivity contribution in [3.8, 4) is 0 Å². The molecule has 0 N–H and O–H groups in total. The zero-order chi connectivity index (χ0) is 26.8. The number of carbonyl (C=O) groups is 5. The summed E-state index contributed by atoms with van der Waals surface area (Å²) < 4.78 is 10.1. The highest BCUT2D eigenvalue weighted by molar-refractivity contribution is 6.37. The molecule has 38 heavy (non-hydrogen) atoms. The van der Waals surface area contributed by atoms with E-state index < -0.39 is 52.9 Å². The zero-order valence-corrected chi connectivity index (χ0v) is 20.8. The molecule has 0 amide bonds. The molecule has 2 saturated heterocycles. The van der Waals surface area contributed by atoms with E-state index in [9.17, 15) is 24.0 Å². The van der Waals surface area contributed by atoms with Gasteiger partial charge in [-0.15, -0.1) is 0 Å². The first-order valence-electron chi connectivity index (χ1n) is 12.1. The van der Waals surface area contributed by atoms with Gasteiger partial charge in [-0.1, -0.05) is 48.0 Å². The highest BCUT2D eigenvalue weighted by Gasteiger charge is 2.76. The number of rotatable bonds is 4. The third kappa shape index (κ3) is 3.13. The first-order chi connectivity index (χ1) is 18.3. The van der Waals surface area contributed by atoms with E-state index >= 15 is 0 Å². The third-order valence-electron chi connectivity index (χ3n) is 7.51. The van der Waals surface area contributed by atoms with Crippen LogP contribution < -0.4 is 4.90 Å². The molecule has 1 spiro atoms. The molecule has 8 nitrogen and oxygen atoms in total. The predicted molar refractivity (Wildman–Crippen MR) is 135 cm³/mol. The van der Waals surface area contributed by atoms with E-state index in [1.165, 1.54) is 12.1 Å². The maximum absolute atomic E-state index is 14.2. The van der Waals surface area contributed by atoms with Crippen molar-refractivity contribution in [3.05, 3.63) is 100 Å². The second kappa shape index (κ2) is 8.63. The number of hydrogen-bond donors (Lipinski definition) is 0. The number of Topliss-reactive ketones (excluding diaryl/α,β-unsaturated/α-hetero) is 2. The lowest BCUT2D eigenvalue weighted by atomic mass is 9.76. The van der Waals surface area contributed by atoms with E-state index in [4.69, 9.17) is 21.1 Å². The van der Waals surface area contributed by atoms with Gasteiger partial charge in [0, 0.05) is 21.8 Å². The normalized spacial score (nSPS) is 23.0. The van der Waals surface area contributed by atoms with Crippen molar-refractivity contribution in [3.63, 3.8) is 0 Å². The summed E-state index contributed by atoms with van der Waals surface area (Å²) in [6.45, 7) is 1.89. The van der Waals surface area contributed by atoms with Gasteiger partial charge in [-0.25, -0.2) is 4.79 Å². The highest BCUT2D eigenvalue weighted by atomic mass is 35.5. The van der Waals surface area contributed by atoms with Gasteiger partial charge in [0.25, 0.3) is 0 Å². The lowest BCUT2D eigenvalue weighted by Crippen LogP contribution is -2.59. The lowest BCUT2D eigenvalue weighted by Gasteiger charge is -2.39. The SMILES string of the molecule is CCOC(=O)c1ccc(N2[C@H](c3ccc(Cl)cc3)[C@H]3C(=O)OC(=O)[C@@H]3C23C(=O)c2ccccc2C3=O)cc1. The van der Waals surface area contributed by atoms with Crippen LogP contribution in [-0.2, 0) is 19.1 Å². The van der Waals surface area contributed by atoms with Crippen LogP contribution in [0, 0.1) is 11.8 Å². The second-order valence-corrected chi connectivity index (χ2v) is 9.78. The third-order valence-corrected chi connectivity index (χ3v) is 7.76. The number of esters is 3. The number of benzene rings is 3. The molecule has 6 rings (SSSR count). The van der Waals surface area contributed by atoms with E-state index in [0.29, 0.717) is 16.3 Å². The van der Waals surface area contributed by atoms with Crippen molar-refractivity contribution in [2.24, 2.45) is 11.8 Å². The number of anilines is 1. The van der Waals surface area contributed by atoms with Crippen molar-refractivity contribution in [2.45, 2.75) is 18.5 Å². The average Bonchev–Trinajstić information content (AvgIpc) is 3.48. The van der Waals surface area contributed by atoms with E-state index in [0.717, 1.165) is 0 Å². The fourth-order valence-electron chi connectivity index (χ4n) is 6.03. The van der Waals surface area contributed by atoms with Crippen molar-refractivity contribution in [1.82, 2.24) is 0 Å². The summed E-state index contributed by atoms with van der Waals surface area (Å²) in [5.74, 6) is -5.90. The number of cyclic esters (lactones) is 2. The summed E-state index contributed by atoms with van der Waals surface area (Å²) in [4.78, 5) is 68.7. The standard InChI is InChI=1S/C29H20ClNO7/c1-2-37-26(34)16-9-13-18(14-10-16)31-23(15-7-11-17(30)12-8-15)21-22(28(36)38-27(21)35)29(31)24(32)19-5-3-4-6-20(19)25(29)33/h3-14,21-23H,2H2,1H3/t21-,22+,23+/m0/s1. The minimum absolute atomic E-state index is 0.174. The van der Waals surface area contributed by atoms with Crippen LogP contribution in [0.25, 0.3) is 0 Å². The van der Waals surface area contributed by atoms with Gasteiger partial charge < -0.3 is 14.4 Å². The summed E-state index contributed by atoms with van der Waals surface area (Å²) in [5, 5.41) is 0.453. The van der Waals surface area contributed by atoms with E-state index in [1.54, 1.807) is 72.5 Å². The number of ketones is 2. The molecule has 2 aliphatic heterocycles. The molecular weight excluding hydrogens is 510 g/mol. The second-order valence-electron chi connectivity index (χ2n) is 9.35. The number of carbonyl (C=O) groups excluding carboxylic acids is 5. The average molecular weight is 530 g/mol. The number of fused-ring (bicyclic) bond motifs is 3. The molecule has 190 valence electrons. The molecule has 1 aliphatic carbocycles.